The van der Waals surface area contributed by atoms with E-state index in [1.54, 1.807) is 0 Å². The van der Waals surface area contributed by atoms with Gasteiger partial charge in [0.25, 0.3) is 5.91 Å². The molecule has 0 bridgehead atoms. The number of aliphatic imine (C=N–C) groups is 1. The number of nitrogens with one attached hydrogen (secondary N) is 1. The normalized spacial score (nSPS) is 23.9. The Morgan fingerprint density at radius 2 is 1.88 bits per heavy atom. The number of carbonyl (C=O) groups is 1. The fourth-order valence-corrected chi connectivity index (χ4v) is 4.86. The molecule has 176 valence electrons. The molecule has 1 amide bonds. The van der Waals surface area contributed by atoms with Gasteiger partial charge in [-0.05, 0) is 25.3 Å². The lowest BCUT2D eigenvalue weighted by Crippen LogP contribution is -2.56. The Balaban J connectivity index is 1.35. The molecule has 3 fully saturated rings. The van der Waals surface area contributed by atoms with E-state index in [0.29, 0.717) is 19.7 Å². The third-order valence-electron chi connectivity index (χ3n) is 6.67. The number of benzene rings is 1. The molecule has 3 saturated heterocycles. The zero-order valence-electron chi connectivity index (χ0n) is 19.5. The van der Waals surface area contributed by atoms with Crippen molar-refractivity contribution in [3.8, 4) is 0 Å². The molecule has 2 atom stereocenters. The van der Waals surface area contributed by atoms with Crippen molar-refractivity contribution in [1.29, 1.82) is 0 Å². The van der Waals surface area contributed by atoms with Gasteiger partial charge < -0.3 is 24.6 Å². The van der Waals surface area contributed by atoms with Crippen molar-refractivity contribution in [3.05, 3.63) is 35.4 Å². The Labute approximate surface area is 191 Å². The highest BCUT2D eigenvalue weighted by atomic mass is 16.5. The second-order valence-corrected chi connectivity index (χ2v) is 8.82. The molecule has 0 radical (unpaired) electrons. The van der Waals surface area contributed by atoms with E-state index in [1.807, 2.05) is 11.9 Å². The van der Waals surface area contributed by atoms with Crippen molar-refractivity contribution in [2.75, 3.05) is 72.7 Å². The van der Waals surface area contributed by atoms with Gasteiger partial charge in [0.2, 0.25) is 0 Å². The van der Waals surface area contributed by atoms with E-state index >= 15 is 0 Å². The van der Waals surface area contributed by atoms with Crippen LogP contribution in [0.4, 0.5) is 0 Å². The highest BCUT2D eigenvalue weighted by molar-refractivity contribution is 5.82. The summed E-state index contributed by atoms with van der Waals surface area (Å²) < 4.78 is 11.2. The zero-order valence-corrected chi connectivity index (χ0v) is 19.5. The molecule has 32 heavy (non-hydrogen) atoms. The lowest BCUT2D eigenvalue weighted by molar-refractivity contribution is -0.142. The van der Waals surface area contributed by atoms with E-state index in [-0.39, 0.29) is 18.1 Å². The minimum atomic E-state index is -0.234. The first-order valence-electron chi connectivity index (χ1n) is 11.9. The van der Waals surface area contributed by atoms with Crippen LogP contribution in [0.15, 0.2) is 29.3 Å². The maximum absolute atomic E-state index is 12.6. The van der Waals surface area contributed by atoms with Gasteiger partial charge in [-0.25, -0.2) is 0 Å². The molecule has 3 aliphatic rings. The molecule has 1 aromatic rings. The minimum Gasteiger partial charge on any atom is -0.379 e. The number of aryl methyl sites for hydroxylation is 1. The second kappa shape index (κ2) is 11.1. The number of carbonyl (C=O) groups excluding carboxylic acids is 1. The summed E-state index contributed by atoms with van der Waals surface area (Å²) in [6.07, 6.45) is 1.60. The van der Waals surface area contributed by atoms with Crippen LogP contribution >= 0.6 is 0 Å². The van der Waals surface area contributed by atoms with Crippen LogP contribution in [0.25, 0.3) is 0 Å². The lowest BCUT2D eigenvalue weighted by atomic mass is 10.0. The van der Waals surface area contributed by atoms with Crippen molar-refractivity contribution in [2.45, 2.75) is 31.9 Å². The number of nitrogens with zero attached hydrogens (tertiary/aromatic N) is 4. The number of hydrogen-bond acceptors (Lipinski definition) is 5. The number of morpholine rings is 1. The van der Waals surface area contributed by atoms with Crippen molar-refractivity contribution in [1.82, 2.24) is 20.0 Å². The van der Waals surface area contributed by atoms with Gasteiger partial charge in [-0.3, -0.25) is 14.7 Å². The Kier molecular flexibility index (Phi) is 8.00. The van der Waals surface area contributed by atoms with Gasteiger partial charge in [-0.15, -0.1) is 0 Å². The van der Waals surface area contributed by atoms with Gasteiger partial charge in [-0.2, -0.15) is 0 Å². The van der Waals surface area contributed by atoms with Crippen LogP contribution in [0.1, 0.15) is 30.0 Å². The molecule has 0 aromatic heterocycles. The lowest BCUT2D eigenvalue weighted by Gasteiger charge is -2.39. The summed E-state index contributed by atoms with van der Waals surface area (Å²) in [5, 5.41) is 3.62. The van der Waals surface area contributed by atoms with Gasteiger partial charge >= 0.3 is 0 Å². The summed E-state index contributed by atoms with van der Waals surface area (Å²) in [6, 6.07) is 9.03. The standard InChI is InChI=1S/C24H37N5O3/c1-19-5-3-6-20(17-19)21(27-12-15-31-16-13-27)18-26-24(25-2)29-10-8-28(9-11-29)23(30)22-7-4-14-32-22/h3,5-6,17,21-22H,4,7-16,18H2,1-2H3,(H,25,26). The predicted octanol–water partition coefficient (Wildman–Crippen LogP) is 1.27. The zero-order chi connectivity index (χ0) is 22.3. The van der Waals surface area contributed by atoms with Gasteiger partial charge in [-0.1, -0.05) is 29.8 Å². The maximum Gasteiger partial charge on any atom is 0.251 e. The third-order valence-corrected chi connectivity index (χ3v) is 6.67. The van der Waals surface area contributed by atoms with E-state index in [1.165, 1.54) is 11.1 Å². The molecule has 4 rings (SSSR count). The average molecular weight is 444 g/mol. The van der Waals surface area contributed by atoms with Crippen molar-refractivity contribution >= 4 is 11.9 Å². The summed E-state index contributed by atoms with van der Waals surface area (Å²) in [7, 11) is 1.84. The van der Waals surface area contributed by atoms with Crippen LogP contribution in [0.3, 0.4) is 0 Å². The Hall–Kier alpha value is -2.16. The first-order chi connectivity index (χ1) is 15.7. The highest BCUT2D eigenvalue weighted by Gasteiger charge is 2.31. The quantitative estimate of drug-likeness (QED) is 0.546. The van der Waals surface area contributed by atoms with Crippen LogP contribution in [0.2, 0.25) is 0 Å². The SMILES string of the molecule is CN=C(NCC(c1cccc(C)c1)N1CCOCC1)N1CCN(C(=O)C2CCCO2)CC1. The monoisotopic (exact) mass is 443 g/mol. The fourth-order valence-electron chi connectivity index (χ4n) is 4.86. The van der Waals surface area contributed by atoms with Gasteiger partial charge in [0, 0.05) is 59.5 Å². The van der Waals surface area contributed by atoms with Crippen molar-refractivity contribution in [3.63, 3.8) is 0 Å². The first-order valence-corrected chi connectivity index (χ1v) is 11.9. The summed E-state index contributed by atoms with van der Waals surface area (Å²) in [5.74, 6) is 1.05. The van der Waals surface area contributed by atoms with Crippen LogP contribution < -0.4 is 5.32 Å². The summed E-state index contributed by atoms with van der Waals surface area (Å²) >= 11 is 0. The van der Waals surface area contributed by atoms with Crippen molar-refractivity contribution in [2.24, 2.45) is 4.99 Å². The second-order valence-electron chi connectivity index (χ2n) is 8.82. The molecule has 8 nitrogen and oxygen atoms in total. The van der Waals surface area contributed by atoms with Crippen LogP contribution in [-0.4, -0.2) is 105 Å². The van der Waals surface area contributed by atoms with Crippen LogP contribution in [0.5, 0.6) is 0 Å². The topological polar surface area (TPSA) is 69.6 Å². The molecular weight excluding hydrogens is 406 g/mol. The maximum atomic E-state index is 12.6. The van der Waals surface area contributed by atoms with Crippen LogP contribution in [0, 0.1) is 6.92 Å². The Morgan fingerprint density at radius 3 is 2.53 bits per heavy atom. The molecule has 1 N–H and O–H groups in total. The number of guanidine groups is 1. The highest BCUT2D eigenvalue weighted by Crippen LogP contribution is 2.22. The first kappa shape index (κ1) is 23.0. The smallest absolute Gasteiger partial charge is 0.251 e. The molecule has 8 heteroatoms. The molecule has 0 saturated carbocycles. The third kappa shape index (κ3) is 5.60. The van der Waals surface area contributed by atoms with Gasteiger partial charge in [0.05, 0.1) is 19.3 Å². The van der Waals surface area contributed by atoms with Crippen molar-refractivity contribution < 1.29 is 14.3 Å². The van der Waals surface area contributed by atoms with Gasteiger partial charge in [0.15, 0.2) is 5.96 Å². The summed E-state index contributed by atoms with van der Waals surface area (Å²) in [4.78, 5) is 23.9. The molecule has 2 unspecified atom stereocenters. The molecule has 0 aliphatic carbocycles. The number of amides is 1. The Morgan fingerprint density at radius 1 is 1.12 bits per heavy atom. The number of rotatable bonds is 5. The molecule has 3 aliphatic heterocycles. The summed E-state index contributed by atoms with van der Waals surface area (Å²) in [6.45, 7) is 10.0. The fraction of sp³-hybridized carbons (Fsp3) is 0.667. The molecule has 1 aromatic carbocycles. The number of hydrogen-bond donors (Lipinski definition) is 1. The van der Waals surface area contributed by atoms with Crippen LogP contribution in [-0.2, 0) is 14.3 Å². The molecule has 0 spiro atoms. The van der Waals surface area contributed by atoms with E-state index in [4.69, 9.17) is 9.47 Å². The van der Waals surface area contributed by atoms with E-state index in [9.17, 15) is 4.79 Å². The number of ether oxygens (including phenoxy) is 2. The minimum absolute atomic E-state index is 0.150. The molecular formula is C24H37N5O3. The number of piperazine rings is 1. The Bertz CT molecular complexity index is 782. The predicted molar refractivity (Wildman–Crippen MR) is 125 cm³/mol. The summed E-state index contributed by atoms with van der Waals surface area (Å²) in [5.41, 5.74) is 2.60. The van der Waals surface area contributed by atoms with Gasteiger partial charge in [0.1, 0.15) is 6.10 Å². The average Bonchev–Trinajstić information content (AvgIpc) is 3.37. The largest absolute Gasteiger partial charge is 0.379 e. The van der Waals surface area contributed by atoms with E-state index in [2.05, 4.69) is 51.3 Å². The molecule has 3 heterocycles. The van der Waals surface area contributed by atoms with E-state index in [0.717, 1.165) is 64.7 Å². The van der Waals surface area contributed by atoms with E-state index < -0.39 is 0 Å².